The molecule has 1 aromatic heterocycles. The molecule has 0 saturated carbocycles. The third-order valence-electron chi connectivity index (χ3n) is 4.73. The van der Waals surface area contributed by atoms with Gasteiger partial charge in [-0.3, -0.25) is 0 Å². The molecule has 5 rings (SSSR count). The van der Waals surface area contributed by atoms with E-state index >= 15 is 0 Å². The van der Waals surface area contributed by atoms with Gasteiger partial charge in [-0.2, -0.15) is 0 Å². The van der Waals surface area contributed by atoms with Gasteiger partial charge in [-0.15, -0.1) is 0 Å². The van der Waals surface area contributed by atoms with Crippen molar-refractivity contribution in [3.05, 3.63) is 78.9 Å². The van der Waals surface area contributed by atoms with E-state index in [2.05, 4.69) is 30.3 Å². The van der Waals surface area contributed by atoms with Gasteiger partial charge in [0, 0.05) is 16.2 Å². The molecule has 3 nitrogen and oxygen atoms in total. The van der Waals surface area contributed by atoms with Gasteiger partial charge in [-0.05, 0) is 28.6 Å². The maximum atomic E-state index is 9.03. The summed E-state index contributed by atoms with van der Waals surface area (Å²) in [5.74, 6) is 0.492. The van der Waals surface area contributed by atoms with Gasteiger partial charge in [-0.1, -0.05) is 66.7 Å². The summed E-state index contributed by atoms with van der Waals surface area (Å²) < 4.78 is 11.4. The Hall–Kier alpha value is -3.24. The van der Waals surface area contributed by atoms with E-state index in [0.29, 0.717) is 19.0 Å². The van der Waals surface area contributed by atoms with Crippen molar-refractivity contribution in [2.24, 2.45) is 0 Å². The lowest BCUT2D eigenvalue weighted by atomic mass is 9.95. The van der Waals surface area contributed by atoms with Gasteiger partial charge in [0.25, 0.3) is 0 Å². The first-order valence-corrected chi connectivity index (χ1v) is 8.42. The van der Waals surface area contributed by atoms with Crippen LogP contribution in [0.15, 0.2) is 83.3 Å². The third-order valence-corrected chi connectivity index (χ3v) is 4.73. The Balaban J connectivity index is 1.95. The van der Waals surface area contributed by atoms with Crippen LogP contribution in [0.4, 0.5) is 0 Å². The Morgan fingerprint density at radius 1 is 0.692 bits per heavy atom. The molecule has 0 saturated heterocycles. The quantitative estimate of drug-likeness (QED) is 0.454. The summed E-state index contributed by atoms with van der Waals surface area (Å²) in [5, 5.41) is 13.2. The van der Waals surface area contributed by atoms with Gasteiger partial charge < -0.3 is 14.1 Å². The smallest absolute Gasteiger partial charge is 0.535 e. The molecule has 1 radical (unpaired) electrons. The SMILES string of the molecule is O[B]Oc1cccc2c1oc1c3ccccc3c(-c3ccccc3)cc21. The molecule has 0 fully saturated rings. The average molecular weight is 337 g/mol. The van der Waals surface area contributed by atoms with Crippen LogP contribution in [0.3, 0.4) is 0 Å². The third kappa shape index (κ3) is 2.20. The lowest BCUT2D eigenvalue weighted by Gasteiger charge is -2.08. The van der Waals surface area contributed by atoms with Gasteiger partial charge in [0.1, 0.15) is 11.3 Å². The number of fused-ring (bicyclic) bond motifs is 5. The lowest BCUT2D eigenvalue weighted by molar-refractivity contribution is 0.451. The summed E-state index contributed by atoms with van der Waals surface area (Å²) in [7, 11) is 0.676. The first-order chi connectivity index (χ1) is 12.9. The normalized spacial score (nSPS) is 11.3. The van der Waals surface area contributed by atoms with E-state index in [0.717, 1.165) is 38.3 Å². The van der Waals surface area contributed by atoms with E-state index in [1.807, 2.05) is 42.5 Å². The largest absolute Gasteiger partial charge is 0.569 e. The molecule has 0 atom stereocenters. The first kappa shape index (κ1) is 15.1. The molecule has 0 aliphatic rings. The van der Waals surface area contributed by atoms with Crippen molar-refractivity contribution < 1.29 is 14.1 Å². The van der Waals surface area contributed by atoms with Crippen molar-refractivity contribution in [3.63, 3.8) is 0 Å². The van der Waals surface area contributed by atoms with Gasteiger partial charge in [0.2, 0.25) is 0 Å². The molecule has 0 bridgehead atoms. The molecule has 1 heterocycles. The fourth-order valence-electron chi connectivity index (χ4n) is 3.60. The number of rotatable bonds is 3. The minimum Gasteiger partial charge on any atom is -0.535 e. The maximum absolute atomic E-state index is 9.03. The summed E-state index contributed by atoms with van der Waals surface area (Å²) >= 11 is 0. The van der Waals surface area contributed by atoms with Crippen molar-refractivity contribution in [1.82, 2.24) is 0 Å². The molecular formula is C22H14BO3. The molecule has 123 valence electrons. The summed E-state index contributed by atoms with van der Waals surface area (Å²) in [6.45, 7) is 0. The lowest BCUT2D eigenvalue weighted by Crippen LogP contribution is -1.99. The highest BCUT2D eigenvalue weighted by atomic mass is 16.5. The Morgan fingerprint density at radius 3 is 2.19 bits per heavy atom. The van der Waals surface area contributed by atoms with Crippen molar-refractivity contribution >= 4 is 40.4 Å². The molecule has 0 spiro atoms. The van der Waals surface area contributed by atoms with Crippen LogP contribution >= 0.6 is 0 Å². The monoisotopic (exact) mass is 337 g/mol. The van der Waals surface area contributed by atoms with Gasteiger partial charge in [-0.25, -0.2) is 0 Å². The summed E-state index contributed by atoms with van der Waals surface area (Å²) in [6.07, 6.45) is 0. The number of benzene rings is 4. The minimum atomic E-state index is 0.492. The molecule has 1 N–H and O–H groups in total. The van der Waals surface area contributed by atoms with Crippen LogP contribution in [0.1, 0.15) is 0 Å². The minimum absolute atomic E-state index is 0.492. The topological polar surface area (TPSA) is 42.6 Å². The van der Waals surface area contributed by atoms with Gasteiger partial charge in [0.15, 0.2) is 5.58 Å². The van der Waals surface area contributed by atoms with Gasteiger partial charge in [0.05, 0.1) is 0 Å². The summed E-state index contributed by atoms with van der Waals surface area (Å²) in [6, 6.07) is 26.4. The highest BCUT2D eigenvalue weighted by molar-refractivity contribution is 6.21. The maximum Gasteiger partial charge on any atom is 0.569 e. The average Bonchev–Trinajstić information content (AvgIpc) is 3.08. The zero-order valence-corrected chi connectivity index (χ0v) is 13.8. The predicted octanol–water partition coefficient (Wildman–Crippen LogP) is 5.31. The van der Waals surface area contributed by atoms with E-state index in [1.165, 1.54) is 0 Å². The highest BCUT2D eigenvalue weighted by Gasteiger charge is 2.16. The Bertz CT molecular complexity index is 1240. The molecule has 26 heavy (non-hydrogen) atoms. The zero-order valence-electron chi connectivity index (χ0n) is 13.8. The molecule has 4 aromatic carbocycles. The van der Waals surface area contributed by atoms with Crippen LogP contribution < -0.4 is 4.65 Å². The van der Waals surface area contributed by atoms with E-state index in [9.17, 15) is 0 Å². The fourth-order valence-corrected chi connectivity index (χ4v) is 3.60. The second kappa shape index (κ2) is 5.93. The molecule has 0 aliphatic carbocycles. The molecular weight excluding hydrogens is 323 g/mol. The first-order valence-electron chi connectivity index (χ1n) is 8.42. The van der Waals surface area contributed by atoms with E-state index in [1.54, 1.807) is 6.07 Å². The Kier molecular flexibility index (Phi) is 3.44. The number of hydrogen-bond acceptors (Lipinski definition) is 3. The number of hydrogen-bond donors (Lipinski definition) is 1. The van der Waals surface area contributed by atoms with Crippen LogP contribution in [0.25, 0.3) is 43.8 Å². The summed E-state index contributed by atoms with van der Waals surface area (Å²) in [4.78, 5) is 0. The van der Waals surface area contributed by atoms with E-state index < -0.39 is 0 Å². The Morgan fingerprint density at radius 2 is 1.38 bits per heavy atom. The van der Waals surface area contributed by atoms with E-state index in [-0.39, 0.29) is 0 Å². The van der Waals surface area contributed by atoms with Crippen LogP contribution in [-0.2, 0) is 0 Å². The molecule has 0 aliphatic heterocycles. The zero-order chi connectivity index (χ0) is 17.5. The molecule has 0 unspecified atom stereocenters. The molecule has 5 aromatic rings. The fraction of sp³-hybridized carbons (Fsp3) is 0. The number of para-hydroxylation sites is 1. The second-order valence-corrected chi connectivity index (χ2v) is 6.17. The predicted molar refractivity (Wildman–Crippen MR) is 105 cm³/mol. The second-order valence-electron chi connectivity index (χ2n) is 6.17. The number of furan rings is 1. The van der Waals surface area contributed by atoms with Crippen molar-refractivity contribution in [3.8, 4) is 16.9 Å². The Labute approximate surface area is 150 Å². The van der Waals surface area contributed by atoms with Crippen molar-refractivity contribution in [1.29, 1.82) is 0 Å². The molecule has 4 heteroatoms. The summed E-state index contributed by atoms with van der Waals surface area (Å²) in [5.41, 5.74) is 3.78. The van der Waals surface area contributed by atoms with Gasteiger partial charge >= 0.3 is 7.69 Å². The van der Waals surface area contributed by atoms with Crippen LogP contribution in [0, 0.1) is 0 Å². The van der Waals surface area contributed by atoms with Crippen molar-refractivity contribution in [2.75, 3.05) is 0 Å². The van der Waals surface area contributed by atoms with Crippen LogP contribution in [-0.4, -0.2) is 12.7 Å². The molecule has 0 amide bonds. The van der Waals surface area contributed by atoms with Crippen LogP contribution in [0.5, 0.6) is 5.75 Å². The van der Waals surface area contributed by atoms with E-state index in [4.69, 9.17) is 14.1 Å². The standard InChI is InChI=1S/C22H14BO3/c24-23-26-20-12-6-11-17-19-13-18(14-7-2-1-3-8-14)15-9-4-5-10-16(15)21(19)25-22(17)20/h1-13,24H. The highest BCUT2D eigenvalue weighted by Crippen LogP contribution is 2.41. The van der Waals surface area contributed by atoms with Crippen molar-refractivity contribution in [2.45, 2.75) is 0 Å². The van der Waals surface area contributed by atoms with Crippen LogP contribution in [0.2, 0.25) is 0 Å².